The number of benzene rings is 1. The van der Waals surface area contributed by atoms with Crippen LogP contribution in [0.4, 0.5) is 0 Å². The summed E-state index contributed by atoms with van der Waals surface area (Å²) < 4.78 is 0. The van der Waals surface area contributed by atoms with Crippen LogP contribution in [0.5, 0.6) is 0 Å². The molecule has 0 atom stereocenters. The molecule has 2 rings (SSSR count). The quantitative estimate of drug-likeness (QED) is 0.476. The van der Waals surface area contributed by atoms with E-state index in [1.54, 1.807) is 12.1 Å². The number of rotatable bonds is 2. The molecular weight excluding hydrogens is 289 g/mol. The zero-order chi connectivity index (χ0) is 13.1. The summed E-state index contributed by atoms with van der Waals surface area (Å²) in [6.07, 6.45) is 1.84. The Bertz CT molecular complexity index is 638. The average Bonchev–Trinajstić information content (AvgIpc) is 2.38. The highest BCUT2D eigenvalue weighted by Crippen LogP contribution is 2.32. The maximum atomic E-state index is 9.15. The van der Waals surface area contributed by atoms with E-state index in [0.29, 0.717) is 21.4 Å². The summed E-state index contributed by atoms with van der Waals surface area (Å²) in [7, 11) is 0. The van der Waals surface area contributed by atoms with Crippen LogP contribution in [0.3, 0.4) is 0 Å². The first-order chi connectivity index (χ1) is 8.67. The monoisotopic (exact) mass is 295 g/mol. The van der Waals surface area contributed by atoms with Gasteiger partial charge < -0.3 is 0 Å². The van der Waals surface area contributed by atoms with Gasteiger partial charge in [-0.25, -0.2) is 9.97 Å². The van der Waals surface area contributed by atoms with Crippen molar-refractivity contribution in [2.45, 2.75) is 5.16 Å². The average molecular weight is 296 g/mol. The first kappa shape index (κ1) is 13.2. The highest BCUT2D eigenvalue weighted by Gasteiger charge is 2.16. The van der Waals surface area contributed by atoms with Crippen LogP contribution in [0.2, 0.25) is 10.2 Å². The minimum atomic E-state index is 0.145. The van der Waals surface area contributed by atoms with E-state index in [0.717, 1.165) is 0 Å². The van der Waals surface area contributed by atoms with Crippen LogP contribution in [-0.4, -0.2) is 16.2 Å². The van der Waals surface area contributed by atoms with Crippen LogP contribution in [0.1, 0.15) is 5.56 Å². The number of halogens is 2. The summed E-state index contributed by atoms with van der Waals surface area (Å²) in [5.41, 5.74) is 1.38. The molecule has 1 aromatic carbocycles. The summed E-state index contributed by atoms with van der Waals surface area (Å²) in [6.45, 7) is 0. The number of aromatic nitrogens is 2. The third-order valence-corrected chi connectivity index (χ3v) is 3.42. The third kappa shape index (κ3) is 2.44. The van der Waals surface area contributed by atoms with Crippen molar-refractivity contribution in [1.29, 1.82) is 5.26 Å². The lowest BCUT2D eigenvalue weighted by atomic mass is 10.1. The van der Waals surface area contributed by atoms with Crippen LogP contribution < -0.4 is 0 Å². The van der Waals surface area contributed by atoms with Gasteiger partial charge in [0, 0.05) is 5.56 Å². The molecule has 0 aliphatic carbocycles. The predicted octanol–water partition coefficient (Wildman–Crippen LogP) is 4.04. The van der Waals surface area contributed by atoms with Gasteiger partial charge in [0.25, 0.3) is 0 Å². The van der Waals surface area contributed by atoms with Gasteiger partial charge in [0.05, 0.1) is 10.7 Å². The molecule has 0 amide bonds. The van der Waals surface area contributed by atoms with Gasteiger partial charge in [0.1, 0.15) is 11.6 Å². The van der Waals surface area contributed by atoms with E-state index in [2.05, 4.69) is 9.97 Å². The van der Waals surface area contributed by atoms with Crippen molar-refractivity contribution in [3.8, 4) is 17.3 Å². The summed E-state index contributed by atoms with van der Waals surface area (Å²) in [5, 5.41) is 10.3. The van der Waals surface area contributed by atoms with Gasteiger partial charge in [0.2, 0.25) is 0 Å². The normalized spacial score (nSPS) is 10.1. The van der Waals surface area contributed by atoms with E-state index in [4.69, 9.17) is 28.5 Å². The summed E-state index contributed by atoms with van der Waals surface area (Å²) in [4.78, 5) is 8.34. The lowest BCUT2D eigenvalue weighted by Crippen LogP contribution is -1.97. The Hall–Kier alpha value is -1.28. The van der Waals surface area contributed by atoms with Gasteiger partial charge in [-0.05, 0) is 12.3 Å². The van der Waals surface area contributed by atoms with Crippen molar-refractivity contribution in [3.63, 3.8) is 0 Å². The van der Waals surface area contributed by atoms with Crippen molar-refractivity contribution < 1.29 is 0 Å². The first-order valence-corrected chi connectivity index (χ1v) is 6.92. The fourth-order valence-electron chi connectivity index (χ4n) is 1.45. The number of thioether (sulfide) groups is 1. The summed E-state index contributed by atoms with van der Waals surface area (Å²) in [6, 6.07) is 9.20. The molecule has 6 heteroatoms. The zero-order valence-electron chi connectivity index (χ0n) is 9.32. The molecule has 3 nitrogen and oxygen atoms in total. The second kappa shape index (κ2) is 5.57. The van der Waals surface area contributed by atoms with Gasteiger partial charge in [0.15, 0.2) is 10.3 Å². The maximum Gasteiger partial charge on any atom is 0.189 e. The third-order valence-electron chi connectivity index (χ3n) is 2.27. The van der Waals surface area contributed by atoms with Crippen LogP contribution in [-0.2, 0) is 0 Å². The number of hydrogen-bond donors (Lipinski definition) is 0. The molecule has 0 spiro atoms. The van der Waals surface area contributed by atoms with Gasteiger partial charge >= 0.3 is 0 Å². The molecule has 0 radical (unpaired) electrons. The van der Waals surface area contributed by atoms with E-state index in [1.807, 2.05) is 24.5 Å². The highest BCUT2D eigenvalue weighted by molar-refractivity contribution is 7.98. The zero-order valence-corrected chi connectivity index (χ0v) is 11.6. The number of nitrogens with zero attached hydrogens (tertiary/aromatic N) is 3. The van der Waals surface area contributed by atoms with E-state index < -0.39 is 0 Å². The van der Waals surface area contributed by atoms with Gasteiger partial charge in [-0.3, -0.25) is 0 Å². The molecule has 0 saturated carbocycles. The van der Waals surface area contributed by atoms with Crippen molar-refractivity contribution in [2.75, 3.05) is 6.26 Å². The Labute approximate surface area is 119 Å². The summed E-state index contributed by atoms with van der Waals surface area (Å²) >= 11 is 13.5. The van der Waals surface area contributed by atoms with Crippen molar-refractivity contribution in [1.82, 2.24) is 9.97 Å². The molecule has 0 fully saturated rings. The molecule has 0 aliphatic rings. The maximum absolute atomic E-state index is 9.15. The van der Waals surface area contributed by atoms with Crippen molar-refractivity contribution in [2.24, 2.45) is 0 Å². The lowest BCUT2D eigenvalue weighted by Gasteiger charge is -2.08. The summed E-state index contributed by atoms with van der Waals surface area (Å²) in [5.74, 6) is 0. The fraction of sp³-hybridized carbons (Fsp3) is 0.0833. The molecule has 1 heterocycles. The predicted molar refractivity (Wildman–Crippen MR) is 74.0 cm³/mol. The van der Waals surface area contributed by atoms with E-state index in [-0.39, 0.29) is 10.7 Å². The second-order valence-electron chi connectivity index (χ2n) is 3.32. The molecule has 0 bridgehead atoms. The lowest BCUT2D eigenvalue weighted by molar-refractivity contribution is 0.970. The molecule has 1 aromatic heterocycles. The van der Waals surface area contributed by atoms with E-state index >= 15 is 0 Å². The smallest absolute Gasteiger partial charge is 0.189 e. The molecule has 2 aromatic rings. The van der Waals surface area contributed by atoms with E-state index in [1.165, 1.54) is 11.8 Å². The molecule has 0 unspecified atom stereocenters. The van der Waals surface area contributed by atoms with Gasteiger partial charge in [-0.15, -0.1) is 0 Å². The standard InChI is InChI=1S/C12H7Cl2N3S/c1-18-12-16-10(8(6-15)11(14)17-12)7-4-2-3-5-9(7)13/h2-5H,1H3. The highest BCUT2D eigenvalue weighted by atomic mass is 35.5. The van der Waals surface area contributed by atoms with E-state index in [9.17, 15) is 0 Å². The fourth-order valence-corrected chi connectivity index (χ4v) is 2.30. The Balaban J connectivity index is 2.74. The molecular formula is C12H7Cl2N3S. The Morgan fingerprint density at radius 2 is 1.94 bits per heavy atom. The first-order valence-electron chi connectivity index (χ1n) is 4.94. The largest absolute Gasteiger partial charge is 0.221 e. The van der Waals surface area contributed by atoms with Crippen LogP contribution in [0.25, 0.3) is 11.3 Å². The van der Waals surface area contributed by atoms with Gasteiger partial charge in [-0.1, -0.05) is 53.2 Å². The molecule has 0 N–H and O–H groups in total. The number of hydrogen-bond acceptors (Lipinski definition) is 4. The van der Waals surface area contributed by atoms with Crippen LogP contribution in [0, 0.1) is 11.3 Å². The Kier molecular flexibility index (Phi) is 4.07. The van der Waals surface area contributed by atoms with Crippen molar-refractivity contribution in [3.05, 3.63) is 40.0 Å². The minimum absolute atomic E-state index is 0.145. The molecule has 18 heavy (non-hydrogen) atoms. The Morgan fingerprint density at radius 1 is 1.22 bits per heavy atom. The van der Waals surface area contributed by atoms with Crippen LogP contribution >= 0.6 is 35.0 Å². The van der Waals surface area contributed by atoms with Crippen molar-refractivity contribution >= 4 is 35.0 Å². The minimum Gasteiger partial charge on any atom is -0.221 e. The Morgan fingerprint density at radius 3 is 2.56 bits per heavy atom. The second-order valence-corrected chi connectivity index (χ2v) is 4.85. The molecule has 0 saturated heterocycles. The molecule has 90 valence electrons. The number of nitriles is 1. The SMILES string of the molecule is CSc1nc(Cl)c(C#N)c(-c2ccccc2Cl)n1. The van der Waals surface area contributed by atoms with Crippen LogP contribution in [0.15, 0.2) is 29.4 Å². The van der Waals surface area contributed by atoms with Gasteiger partial charge in [-0.2, -0.15) is 5.26 Å². The topological polar surface area (TPSA) is 49.6 Å². The molecule has 0 aliphatic heterocycles.